The molecule has 0 saturated carbocycles. The molecule has 0 aromatic heterocycles. The monoisotopic (exact) mass is 214 g/mol. The van der Waals surface area contributed by atoms with Crippen molar-refractivity contribution in [2.24, 2.45) is 5.92 Å². The van der Waals surface area contributed by atoms with Crippen molar-refractivity contribution >= 4 is 5.97 Å². The van der Waals surface area contributed by atoms with E-state index in [4.69, 9.17) is 9.47 Å². The van der Waals surface area contributed by atoms with Crippen LogP contribution in [0.15, 0.2) is 0 Å². The van der Waals surface area contributed by atoms with Crippen molar-refractivity contribution in [1.29, 1.82) is 0 Å². The Morgan fingerprint density at radius 3 is 2.67 bits per heavy atom. The molecular formula is C12H22O3. The summed E-state index contributed by atoms with van der Waals surface area (Å²) in [4.78, 5) is 11.5. The lowest BCUT2D eigenvalue weighted by Crippen LogP contribution is -2.26. The first-order valence-corrected chi connectivity index (χ1v) is 6.07. The minimum atomic E-state index is -0.277. The SMILES string of the molecule is CCC(CC)CC(=O)OC1CCCCO1. The lowest BCUT2D eigenvalue weighted by atomic mass is 10.00. The van der Waals surface area contributed by atoms with Gasteiger partial charge in [0.1, 0.15) is 0 Å². The van der Waals surface area contributed by atoms with E-state index in [2.05, 4.69) is 13.8 Å². The molecule has 15 heavy (non-hydrogen) atoms. The highest BCUT2D eigenvalue weighted by Gasteiger charge is 2.19. The smallest absolute Gasteiger partial charge is 0.308 e. The predicted molar refractivity (Wildman–Crippen MR) is 58.4 cm³/mol. The fourth-order valence-electron chi connectivity index (χ4n) is 1.81. The maximum atomic E-state index is 11.5. The molecule has 3 nitrogen and oxygen atoms in total. The van der Waals surface area contributed by atoms with Crippen LogP contribution in [0, 0.1) is 5.92 Å². The molecule has 1 saturated heterocycles. The molecule has 1 heterocycles. The van der Waals surface area contributed by atoms with Crippen molar-refractivity contribution in [2.45, 2.75) is 58.7 Å². The number of rotatable bonds is 5. The summed E-state index contributed by atoms with van der Waals surface area (Å²) < 4.78 is 10.6. The van der Waals surface area contributed by atoms with Crippen molar-refractivity contribution < 1.29 is 14.3 Å². The second-order valence-corrected chi connectivity index (χ2v) is 4.17. The summed E-state index contributed by atoms with van der Waals surface area (Å²) in [5.41, 5.74) is 0. The third-order valence-electron chi connectivity index (χ3n) is 3.01. The average molecular weight is 214 g/mol. The summed E-state index contributed by atoms with van der Waals surface area (Å²) in [6, 6.07) is 0. The highest BCUT2D eigenvalue weighted by molar-refractivity contribution is 5.69. The molecule has 0 aromatic rings. The van der Waals surface area contributed by atoms with E-state index in [1.54, 1.807) is 0 Å². The lowest BCUT2D eigenvalue weighted by molar-refractivity contribution is -0.187. The summed E-state index contributed by atoms with van der Waals surface area (Å²) in [5.74, 6) is 0.358. The first kappa shape index (κ1) is 12.5. The summed E-state index contributed by atoms with van der Waals surface area (Å²) >= 11 is 0. The Kier molecular flexibility index (Phi) is 5.69. The number of ether oxygens (including phenoxy) is 2. The van der Waals surface area contributed by atoms with Crippen LogP contribution in [0.3, 0.4) is 0 Å². The van der Waals surface area contributed by atoms with Crippen LogP contribution in [-0.4, -0.2) is 18.9 Å². The average Bonchev–Trinajstić information content (AvgIpc) is 2.27. The summed E-state index contributed by atoms with van der Waals surface area (Å²) in [5, 5.41) is 0. The van der Waals surface area contributed by atoms with Gasteiger partial charge < -0.3 is 9.47 Å². The molecule has 1 aliphatic rings. The number of carbonyl (C=O) groups excluding carboxylic acids is 1. The quantitative estimate of drug-likeness (QED) is 0.660. The zero-order valence-electron chi connectivity index (χ0n) is 9.83. The van der Waals surface area contributed by atoms with Gasteiger partial charge in [-0.25, -0.2) is 0 Å². The van der Waals surface area contributed by atoms with Crippen molar-refractivity contribution in [2.75, 3.05) is 6.61 Å². The maximum Gasteiger partial charge on any atom is 0.308 e. The minimum absolute atomic E-state index is 0.101. The molecule has 1 aliphatic heterocycles. The van der Waals surface area contributed by atoms with Gasteiger partial charge in [-0.05, 0) is 18.8 Å². The van der Waals surface area contributed by atoms with Crippen LogP contribution >= 0.6 is 0 Å². The lowest BCUT2D eigenvalue weighted by Gasteiger charge is -2.23. The van der Waals surface area contributed by atoms with Gasteiger partial charge in [0.2, 0.25) is 6.29 Å². The zero-order chi connectivity index (χ0) is 11.1. The maximum absolute atomic E-state index is 11.5. The normalized spacial score (nSPS) is 21.7. The Balaban J connectivity index is 2.21. The van der Waals surface area contributed by atoms with Gasteiger partial charge in [0.25, 0.3) is 0 Å². The molecule has 0 spiro atoms. The van der Waals surface area contributed by atoms with Gasteiger partial charge in [0.05, 0.1) is 6.61 Å². The fourth-order valence-corrected chi connectivity index (χ4v) is 1.81. The minimum Gasteiger partial charge on any atom is -0.436 e. The molecular weight excluding hydrogens is 192 g/mol. The molecule has 1 fully saturated rings. The van der Waals surface area contributed by atoms with E-state index in [0.717, 1.165) is 38.7 Å². The van der Waals surface area contributed by atoms with Gasteiger partial charge >= 0.3 is 5.97 Å². The van der Waals surface area contributed by atoms with Crippen LogP contribution in [-0.2, 0) is 14.3 Å². The van der Waals surface area contributed by atoms with Crippen molar-refractivity contribution in [3.05, 3.63) is 0 Å². The van der Waals surface area contributed by atoms with Crippen LogP contribution in [0.4, 0.5) is 0 Å². The van der Waals surface area contributed by atoms with Gasteiger partial charge in [0, 0.05) is 12.8 Å². The Morgan fingerprint density at radius 1 is 1.40 bits per heavy atom. The summed E-state index contributed by atoms with van der Waals surface area (Å²) in [6.07, 6.45) is 5.37. The van der Waals surface area contributed by atoms with E-state index in [0.29, 0.717) is 12.3 Å². The van der Waals surface area contributed by atoms with E-state index in [-0.39, 0.29) is 12.3 Å². The molecule has 0 N–H and O–H groups in total. The third kappa shape index (κ3) is 4.65. The van der Waals surface area contributed by atoms with Crippen LogP contribution in [0.2, 0.25) is 0 Å². The van der Waals surface area contributed by atoms with Crippen molar-refractivity contribution in [1.82, 2.24) is 0 Å². The molecule has 1 unspecified atom stereocenters. The molecule has 1 rings (SSSR count). The Labute approximate surface area is 92.1 Å². The molecule has 0 aliphatic carbocycles. The molecule has 3 heteroatoms. The Hall–Kier alpha value is -0.570. The van der Waals surface area contributed by atoms with E-state index >= 15 is 0 Å². The number of hydrogen-bond acceptors (Lipinski definition) is 3. The molecule has 1 atom stereocenters. The van der Waals surface area contributed by atoms with Gasteiger partial charge in [-0.1, -0.05) is 26.7 Å². The highest BCUT2D eigenvalue weighted by atomic mass is 16.7. The first-order chi connectivity index (χ1) is 7.26. The summed E-state index contributed by atoms with van der Waals surface area (Å²) in [7, 11) is 0. The summed E-state index contributed by atoms with van der Waals surface area (Å²) in [6.45, 7) is 4.94. The van der Waals surface area contributed by atoms with Crippen LogP contribution < -0.4 is 0 Å². The molecule has 0 radical (unpaired) electrons. The molecule has 0 amide bonds. The van der Waals surface area contributed by atoms with Gasteiger partial charge in [-0.2, -0.15) is 0 Å². The van der Waals surface area contributed by atoms with E-state index in [1.165, 1.54) is 0 Å². The molecule has 0 aromatic carbocycles. The third-order valence-corrected chi connectivity index (χ3v) is 3.01. The largest absolute Gasteiger partial charge is 0.436 e. The fraction of sp³-hybridized carbons (Fsp3) is 0.917. The standard InChI is InChI=1S/C12H22O3/c1-3-10(4-2)9-11(13)15-12-7-5-6-8-14-12/h10,12H,3-9H2,1-2H3. The first-order valence-electron chi connectivity index (χ1n) is 6.07. The van der Waals surface area contributed by atoms with Crippen molar-refractivity contribution in [3.8, 4) is 0 Å². The van der Waals surface area contributed by atoms with Crippen LogP contribution in [0.25, 0.3) is 0 Å². The molecule has 88 valence electrons. The van der Waals surface area contributed by atoms with E-state index < -0.39 is 0 Å². The van der Waals surface area contributed by atoms with Crippen LogP contribution in [0.5, 0.6) is 0 Å². The second kappa shape index (κ2) is 6.83. The number of esters is 1. The number of carbonyl (C=O) groups is 1. The van der Waals surface area contributed by atoms with E-state index in [9.17, 15) is 4.79 Å². The second-order valence-electron chi connectivity index (χ2n) is 4.17. The Morgan fingerprint density at radius 2 is 2.13 bits per heavy atom. The van der Waals surface area contributed by atoms with Gasteiger partial charge in [-0.15, -0.1) is 0 Å². The van der Waals surface area contributed by atoms with Gasteiger partial charge in [0.15, 0.2) is 0 Å². The number of hydrogen-bond donors (Lipinski definition) is 0. The topological polar surface area (TPSA) is 35.5 Å². The zero-order valence-corrected chi connectivity index (χ0v) is 9.83. The van der Waals surface area contributed by atoms with Crippen molar-refractivity contribution in [3.63, 3.8) is 0 Å². The van der Waals surface area contributed by atoms with Crippen LogP contribution in [0.1, 0.15) is 52.4 Å². The Bertz CT molecular complexity index is 181. The highest BCUT2D eigenvalue weighted by Crippen LogP contribution is 2.17. The van der Waals surface area contributed by atoms with E-state index in [1.807, 2.05) is 0 Å². The molecule has 0 bridgehead atoms. The predicted octanol–water partition coefficient (Wildman–Crippen LogP) is 2.88. The van der Waals surface area contributed by atoms with Gasteiger partial charge in [-0.3, -0.25) is 4.79 Å².